The number of carbonyl (C=O) groups excluding carboxylic acids is 3. The molecule has 42 heavy (non-hydrogen) atoms. The fourth-order valence-electron chi connectivity index (χ4n) is 5.84. The number of methoxy groups -OCH3 is 1. The maximum absolute atomic E-state index is 14.1. The average molecular weight is 608 g/mol. The monoisotopic (exact) mass is 607 g/mol. The van der Waals surface area contributed by atoms with Crippen LogP contribution in [0, 0.1) is 5.92 Å². The third kappa shape index (κ3) is 4.97. The molecule has 1 aromatic heterocycles. The zero-order valence-corrected chi connectivity index (χ0v) is 25.6. The first-order chi connectivity index (χ1) is 20.1. The van der Waals surface area contributed by atoms with Crippen molar-refractivity contribution in [1.82, 2.24) is 9.47 Å². The van der Waals surface area contributed by atoms with Crippen LogP contribution in [0.5, 0.6) is 5.75 Å². The highest BCUT2D eigenvalue weighted by molar-refractivity contribution is 8.00. The molecule has 3 amide bonds. The SMILES string of the molecule is COc1ccc(N2C(=O)C3Sc4c(sc(=O)n4CC(=O)N4CCOCC4)[C@H](c4ccc(C(C)(C)C)cc4)C3C2=O)cc1. The molecule has 3 aromatic rings. The Labute approximate surface area is 252 Å². The minimum Gasteiger partial charge on any atom is -0.497 e. The number of nitrogens with zero attached hydrogens (tertiary/aromatic N) is 3. The molecule has 2 fully saturated rings. The van der Waals surface area contributed by atoms with Gasteiger partial charge in [0.2, 0.25) is 17.7 Å². The Morgan fingerprint density at radius 3 is 2.26 bits per heavy atom. The number of thioether (sulfide) groups is 1. The maximum atomic E-state index is 14.1. The average Bonchev–Trinajstić information content (AvgIpc) is 3.43. The minimum absolute atomic E-state index is 0.0626. The number of aromatic nitrogens is 1. The number of fused-ring (bicyclic) bond motifs is 2. The summed E-state index contributed by atoms with van der Waals surface area (Å²) in [5.74, 6) is -1.36. The van der Waals surface area contributed by atoms with Crippen molar-refractivity contribution >= 4 is 46.5 Å². The lowest BCUT2D eigenvalue weighted by molar-refractivity contribution is -0.136. The molecule has 9 nitrogen and oxygen atoms in total. The van der Waals surface area contributed by atoms with E-state index in [2.05, 4.69) is 32.9 Å². The number of amides is 3. The molecule has 11 heteroatoms. The first-order valence-electron chi connectivity index (χ1n) is 14.0. The van der Waals surface area contributed by atoms with Crippen LogP contribution in [0.4, 0.5) is 5.69 Å². The van der Waals surface area contributed by atoms with E-state index in [9.17, 15) is 19.2 Å². The van der Waals surface area contributed by atoms with E-state index in [0.717, 1.165) is 27.3 Å². The van der Waals surface area contributed by atoms with Gasteiger partial charge in [0, 0.05) is 23.9 Å². The summed E-state index contributed by atoms with van der Waals surface area (Å²) in [6, 6.07) is 15.0. The fourth-order valence-corrected chi connectivity index (χ4v) is 8.61. The molecule has 0 saturated carbocycles. The quantitative estimate of drug-likeness (QED) is 0.406. The third-order valence-electron chi connectivity index (χ3n) is 8.17. The summed E-state index contributed by atoms with van der Waals surface area (Å²) in [6.45, 7) is 8.17. The Bertz CT molecular complexity index is 1580. The van der Waals surface area contributed by atoms with Crippen LogP contribution in [0.3, 0.4) is 0 Å². The maximum Gasteiger partial charge on any atom is 0.308 e. The van der Waals surface area contributed by atoms with Gasteiger partial charge in [-0.3, -0.25) is 23.7 Å². The molecule has 0 spiro atoms. The van der Waals surface area contributed by atoms with Crippen LogP contribution in [0.1, 0.15) is 42.7 Å². The number of ether oxygens (including phenoxy) is 2. The number of rotatable bonds is 5. The first kappa shape index (κ1) is 28.7. The summed E-state index contributed by atoms with van der Waals surface area (Å²) >= 11 is 2.29. The summed E-state index contributed by atoms with van der Waals surface area (Å²) in [6.07, 6.45) is 0. The van der Waals surface area contributed by atoms with Gasteiger partial charge in [-0.2, -0.15) is 0 Å². The second kappa shape index (κ2) is 11.0. The zero-order valence-electron chi connectivity index (χ0n) is 24.0. The van der Waals surface area contributed by atoms with E-state index in [4.69, 9.17) is 9.47 Å². The van der Waals surface area contributed by atoms with Crippen LogP contribution in [0.25, 0.3) is 0 Å². The molecule has 2 saturated heterocycles. The zero-order chi connectivity index (χ0) is 29.8. The number of morpholine rings is 1. The molecular weight excluding hydrogens is 574 g/mol. The highest BCUT2D eigenvalue weighted by Crippen LogP contribution is 2.54. The van der Waals surface area contributed by atoms with Gasteiger partial charge in [0.1, 0.15) is 17.5 Å². The molecule has 3 atom stereocenters. The molecule has 2 aromatic carbocycles. The highest BCUT2D eigenvalue weighted by atomic mass is 32.2. The molecule has 0 aliphatic carbocycles. The van der Waals surface area contributed by atoms with E-state index in [1.54, 1.807) is 36.3 Å². The third-order valence-corrected chi connectivity index (χ3v) is 10.8. The van der Waals surface area contributed by atoms with E-state index in [-0.39, 0.29) is 34.6 Å². The predicted octanol–water partition coefficient (Wildman–Crippen LogP) is 3.87. The number of hydrogen-bond donors (Lipinski definition) is 0. The van der Waals surface area contributed by atoms with E-state index >= 15 is 0 Å². The van der Waals surface area contributed by atoms with Crippen LogP contribution < -0.4 is 14.5 Å². The summed E-state index contributed by atoms with van der Waals surface area (Å²) < 4.78 is 12.1. The topological polar surface area (TPSA) is 98.2 Å². The minimum atomic E-state index is -0.738. The Balaban J connectivity index is 1.43. The van der Waals surface area contributed by atoms with Gasteiger partial charge in [0.15, 0.2) is 0 Å². The molecule has 0 N–H and O–H groups in total. The molecule has 6 rings (SSSR count). The van der Waals surface area contributed by atoms with Crippen LogP contribution in [-0.4, -0.2) is 65.9 Å². The highest BCUT2D eigenvalue weighted by Gasteiger charge is 2.56. The van der Waals surface area contributed by atoms with Gasteiger partial charge in [-0.25, -0.2) is 4.90 Å². The second-order valence-corrected chi connectivity index (χ2v) is 13.9. The van der Waals surface area contributed by atoms with Crippen molar-refractivity contribution in [1.29, 1.82) is 0 Å². The molecule has 2 unspecified atom stereocenters. The lowest BCUT2D eigenvalue weighted by atomic mass is 9.81. The Morgan fingerprint density at radius 1 is 0.976 bits per heavy atom. The van der Waals surface area contributed by atoms with Crippen LogP contribution in [0.2, 0.25) is 0 Å². The van der Waals surface area contributed by atoms with Crippen molar-refractivity contribution < 1.29 is 23.9 Å². The smallest absolute Gasteiger partial charge is 0.308 e. The molecular formula is C31H33N3O6S2. The molecule has 0 radical (unpaired) electrons. The van der Waals surface area contributed by atoms with Crippen LogP contribution in [-0.2, 0) is 31.1 Å². The number of benzene rings is 2. The summed E-state index contributed by atoms with van der Waals surface area (Å²) in [5.41, 5.74) is 2.42. The van der Waals surface area contributed by atoms with Crippen molar-refractivity contribution in [2.45, 2.75) is 48.9 Å². The van der Waals surface area contributed by atoms with Gasteiger partial charge in [-0.05, 0) is 40.8 Å². The number of hydrogen-bond acceptors (Lipinski definition) is 8. The first-order valence-corrected chi connectivity index (χ1v) is 15.7. The van der Waals surface area contributed by atoms with Crippen molar-refractivity contribution in [3.63, 3.8) is 0 Å². The summed E-state index contributed by atoms with van der Waals surface area (Å²) in [7, 11) is 1.56. The standard InChI is InChI=1S/C31H33N3O6S2/c1-31(2,3)19-7-5-18(6-8-19)23-24-25(28(37)34(27(24)36)20-9-11-21(39-4)12-10-20)41-29-26(23)42-30(38)33(29)17-22(35)32-13-15-40-16-14-32/h5-12,23-25H,13-17H2,1-4H3/t23-,24?,25?/m1/s1. The fraction of sp³-hybridized carbons (Fsp3) is 0.419. The number of carbonyl (C=O) groups is 3. The number of thiazole rings is 1. The van der Waals surface area contributed by atoms with Crippen molar-refractivity contribution in [3.05, 3.63) is 74.2 Å². The molecule has 220 valence electrons. The van der Waals surface area contributed by atoms with Gasteiger partial charge >= 0.3 is 4.87 Å². The van der Waals surface area contributed by atoms with Crippen molar-refractivity contribution in [3.8, 4) is 5.75 Å². The Kier molecular flexibility index (Phi) is 7.53. The van der Waals surface area contributed by atoms with E-state index in [1.165, 1.54) is 21.2 Å². The van der Waals surface area contributed by atoms with Gasteiger partial charge in [-0.1, -0.05) is 68.1 Å². The van der Waals surface area contributed by atoms with E-state index < -0.39 is 17.1 Å². The lowest BCUT2D eigenvalue weighted by Crippen LogP contribution is -2.43. The van der Waals surface area contributed by atoms with Gasteiger partial charge in [0.25, 0.3) is 0 Å². The molecule has 0 bridgehead atoms. The molecule has 4 heterocycles. The van der Waals surface area contributed by atoms with E-state index in [1.807, 2.05) is 12.1 Å². The Morgan fingerprint density at radius 2 is 1.64 bits per heavy atom. The largest absolute Gasteiger partial charge is 0.497 e. The Hall–Kier alpha value is -3.41. The molecule has 3 aliphatic heterocycles. The summed E-state index contributed by atoms with van der Waals surface area (Å²) in [5, 5.41) is -0.145. The predicted molar refractivity (Wildman–Crippen MR) is 162 cm³/mol. The van der Waals surface area contributed by atoms with Crippen molar-refractivity contribution in [2.75, 3.05) is 38.3 Å². The van der Waals surface area contributed by atoms with Gasteiger partial charge in [-0.15, -0.1) is 0 Å². The van der Waals surface area contributed by atoms with Crippen LogP contribution in [0.15, 0.2) is 58.4 Å². The summed E-state index contributed by atoms with van der Waals surface area (Å²) in [4.78, 5) is 58.1. The lowest BCUT2D eigenvalue weighted by Gasteiger charge is -2.31. The van der Waals surface area contributed by atoms with Crippen LogP contribution >= 0.6 is 23.1 Å². The molecule has 3 aliphatic rings. The van der Waals surface area contributed by atoms with Gasteiger partial charge < -0.3 is 14.4 Å². The van der Waals surface area contributed by atoms with Gasteiger partial charge in [0.05, 0.1) is 37.0 Å². The normalized spacial score (nSPS) is 22.2. The van der Waals surface area contributed by atoms with Crippen molar-refractivity contribution in [2.24, 2.45) is 5.92 Å². The number of anilines is 1. The second-order valence-electron chi connectivity index (χ2n) is 11.7. The van der Waals surface area contributed by atoms with E-state index in [0.29, 0.717) is 42.8 Å². The number of imide groups is 1.